The van der Waals surface area contributed by atoms with Gasteiger partial charge in [-0.2, -0.15) is 5.10 Å². The predicted octanol–water partition coefficient (Wildman–Crippen LogP) is 2.30. The summed E-state index contributed by atoms with van der Waals surface area (Å²) < 4.78 is 5.45. The van der Waals surface area contributed by atoms with E-state index in [1.807, 2.05) is 44.3 Å². The molecular weight excluding hydrogens is 486 g/mol. The van der Waals surface area contributed by atoms with E-state index in [0.29, 0.717) is 47.7 Å². The summed E-state index contributed by atoms with van der Waals surface area (Å²) >= 11 is 0. The summed E-state index contributed by atoms with van der Waals surface area (Å²) in [4.78, 5) is 49.8. The fourth-order valence-electron chi connectivity index (χ4n) is 4.31. The quantitative estimate of drug-likeness (QED) is 0.172. The Bertz CT molecular complexity index is 1370. The van der Waals surface area contributed by atoms with Crippen LogP contribution in [-0.2, 0) is 4.79 Å². The molecule has 1 saturated heterocycles. The first kappa shape index (κ1) is 26.6. The Morgan fingerprint density at radius 1 is 1.13 bits per heavy atom. The molecule has 1 aliphatic heterocycles. The van der Waals surface area contributed by atoms with Gasteiger partial charge in [0.25, 0.3) is 17.6 Å². The van der Waals surface area contributed by atoms with Crippen molar-refractivity contribution >= 4 is 40.0 Å². The minimum absolute atomic E-state index is 0.0899. The molecule has 0 aliphatic carbocycles. The number of amides is 2. The number of hydrogen-bond donors (Lipinski definition) is 3. The zero-order valence-electron chi connectivity index (χ0n) is 21.7. The summed E-state index contributed by atoms with van der Waals surface area (Å²) in [5, 5.41) is 7.87. The lowest BCUT2D eigenvalue weighted by Crippen LogP contribution is -2.52. The van der Waals surface area contributed by atoms with Crippen molar-refractivity contribution in [2.45, 2.75) is 6.92 Å². The molecule has 11 heteroatoms. The molecule has 0 saturated carbocycles. The van der Waals surface area contributed by atoms with Crippen LogP contribution < -0.4 is 15.5 Å². The maximum absolute atomic E-state index is 13.3. The van der Waals surface area contributed by atoms with Gasteiger partial charge < -0.3 is 24.8 Å². The number of pyridine rings is 1. The molecule has 1 aromatic carbocycles. The van der Waals surface area contributed by atoms with Gasteiger partial charge in [0.2, 0.25) is 0 Å². The van der Waals surface area contributed by atoms with E-state index in [4.69, 9.17) is 4.74 Å². The van der Waals surface area contributed by atoms with Crippen LogP contribution in [0.3, 0.4) is 0 Å². The minimum atomic E-state index is -0.664. The van der Waals surface area contributed by atoms with E-state index in [2.05, 4.69) is 25.8 Å². The average molecular weight is 518 g/mol. The van der Waals surface area contributed by atoms with E-state index in [0.717, 1.165) is 5.71 Å². The van der Waals surface area contributed by atoms with Crippen LogP contribution in [0, 0.1) is 0 Å². The Labute approximate surface area is 220 Å². The van der Waals surface area contributed by atoms with Gasteiger partial charge in [0, 0.05) is 44.5 Å². The number of methoxy groups -OCH3 is 1. The molecule has 3 heterocycles. The lowest BCUT2D eigenvalue weighted by Gasteiger charge is -2.34. The molecule has 3 N–H and O–H groups in total. The average Bonchev–Trinajstić information content (AvgIpc) is 3.41. The van der Waals surface area contributed by atoms with Crippen LogP contribution in [0.4, 0.5) is 5.82 Å². The number of rotatable bonds is 9. The van der Waals surface area contributed by atoms with Crippen molar-refractivity contribution in [3.8, 4) is 5.75 Å². The van der Waals surface area contributed by atoms with E-state index in [9.17, 15) is 14.4 Å². The SMILES string of the molecule is C/C=C\C(CNC)=N/Nc1ncc(OC)c2c(C(=O)C(=O)N3CCN(C(=O)c4ccccc4)CC3)c[nH]c12. The highest BCUT2D eigenvalue weighted by molar-refractivity contribution is 6.45. The Morgan fingerprint density at radius 3 is 2.50 bits per heavy atom. The zero-order valence-corrected chi connectivity index (χ0v) is 21.7. The van der Waals surface area contributed by atoms with Crippen LogP contribution in [0.5, 0.6) is 5.75 Å². The van der Waals surface area contributed by atoms with Gasteiger partial charge in [-0.3, -0.25) is 19.8 Å². The summed E-state index contributed by atoms with van der Waals surface area (Å²) in [6.07, 6.45) is 6.71. The highest BCUT2D eigenvalue weighted by atomic mass is 16.5. The van der Waals surface area contributed by atoms with Crippen LogP contribution in [0.2, 0.25) is 0 Å². The smallest absolute Gasteiger partial charge is 0.295 e. The van der Waals surface area contributed by atoms with E-state index < -0.39 is 11.7 Å². The van der Waals surface area contributed by atoms with Crippen LogP contribution in [0.15, 0.2) is 60.0 Å². The largest absolute Gasteiger partial charge is 0.494 e. The van der Waals surface area contributed by atoms with Gasteiger partial charge in [-0.25, -0.2) is 4.98 Å². The highest BCUT2D eigenvalue weighted by Gasteiger charge is 2.31. The molecule has 2 amide bonds. The van der Waals surface area contributed by atoms with Crippen molar-refractivity contribution in [2.75, 3.05) is 52.3 Å². The molecule has 3 aromatic rings. The second-order valence-electron chi connectivity index (χ2n) is 8.65. The number of hydrogen-bond acceptors (Lipinski definition) is 8. The first-order valence-corrected chi connectivity index (χ1v) is 12.3. The number of Topliss-reactive ketones (excluding diaryl/α,β-unsaturated/α-hetero) is 1. The molecule has 1 aliphatic rings. The highest BCUT2D eigenvalue weighted by Crippen LogP contribution is 2.32. The number of fused-ring (bicyclic) bond motifs is 1. The molecule has 0 radical (unpaired) electrons. The van der Waals surface area contributed by atoms with Crippen molar-refractivity contribution in [3.05, 3.63) is 66.0 Å². The van der Waals surface area contributed by atoms with Crippen LogP contribution in [0.25, 0.3) is 10.9 Å². The molecule has 198 valence electrons. The van der Waals surface area contributed by atoms with Crippen molar-refractivity contribution < 1.29 is 19.1 Å². The third-order valence-corrected chi connectivity index (χ3v) is 6.23. The molecule has 11 nitrogen and oxygen atoms in total. The predicted molar refractivity (Wildman–Crippen MR) is 146 cm³/mol. The van der Waals surface area contributed by atoms with Gasteiger partial charge in [-0.15, -0.1) is 0 Å². The summed E-state index contributed by atoms with van der Waals surface area (Å²) in [5.74, 6) is -0.642. The number of benzene rings is 1. The third kappa shape index (κ3) is 5.57. The number of carbonyl (C=O) groups excluding carboxylic acids is 3. The number of H-pyrrole nitrogens is 1. The molecule has 0 bridgehead atoms. The zero-order chi connectivity index (χ0) is 27.1. The summed E-state index contributed by atoms with van der Waals surface area (Å²) in [6, 6.07) is 9.01. The van der Waals surface area contributed by atoms with E-state index >= 15 is 0 Å². The Balaban J connectivity index is 1.52. The van der Waals surface area contributed by atoms with E-state index in [-0.39, 0.29) is 24.6 Å². The second-order valence-corrected chi connectivity index (χ2v) is 8.65. The number of aromatic amines is 1. The number of carbonyl (C=O) groups is 3. The number of ketones is 1. The second kappa shape index (κ2) is 12.2. The van der Waals surface area contributed by atoms with Crippen molar-refractivity contribution in [3.63, 3.8) is 0 Å². The number of ether oxygens (including phenoxy) is 1. The van der Waals surface area contributed by atoms with Gasteiger partial charge in [-0.1, -0.05) is 24.3 Å². The maximum atomic E-state index is 13.3. The number of nitrogens with one attached hydrogen (secondary N) is 3. The molecule has 2 aromatic heterocycles. The number of hydrazone groups is 1. The fourth-order valence-corrected chi connectivity index (χ4v) is 4.31. The topological polar surface area (TPSA) is 132 Å². The standard InChI is InChI=1S/C27H31N7O4/c1-4-8-19(15-28-2)31-32-25-23-22(21(38-3)17-30-25)20(16-29-23)24(35)27(37)34-13-11-33(12-14-34)26(36)18-9-6-5-7-10-18/h4-10,16-17,28-29H,11-15H2,1-3H3,(H,30,32)/b8-4-,31-19+. The summed E-state index contributed by atoms with van der Waals surface area (Å²) in [5.41, 5.74) is 4.96. The van der Waals surface area contributed by atoms with Gasteiger partial charge in [-0.05, 0) is 32.2 Å². The fraction of sp³-hybridized carbons (Fsp3) is 0.296. The van der Waals surface area contributed by atoms with Crippen LogP contribution in [0.1, 0.15) is 27.6 Å². The lowest BCUT2D eigenvalue weighted by atomic mass is 10.1. The third-order valence-electron chi connectivity index (χ3n) is 6.23. The van der Waals surface area contributed by atoms with Gasteiger partial charge >= 0.3 is 0 Å². The van der Waals surface area contributed by atoms with Gasteiger partial charge in [0.15, 0.2) is 5.82 Å². The summed E-state index contributed by atoms with van der Waals surface area (Å²) in [6.45, 7) is 3.68. The number of aromatic nitrogens is 2. The normalized spacial score (nSPS) is 14.2. The first-order valence-electron chi connectivity index (χ1n) is 12.3. The maximum Gasteiger partial charge on any atom is 0.295 e. The van der Waals surface area contributed by atoms with Gasteiger partial charge in [0.05, 0.1) is 35.5 Å². The number of allylic oxidation sites excluding steroid dienone is 1. The van der Waals surface area contributed by atoms with E-state index in [1.54, 1.807) is 17.0 Å². The number of anilines is 1. The van der Waals surface area contributed by atoms with Crippen LogP contribution >= 0.6 is 0 Å². The Hall–Kier alpha value is -4.51. The first-order chi connectivity index (χ1) is 18.5. The Kier molecular flexibility index (Phi) is 8.49. The number of piperazine rings is 1. The summed E-state index contributed by atoms with van der Waals surface area (Å²) in [7, 11) is 3.30. The molecule has 4 rings (SSSR count). The van der Waals surface area contributed by atoms with Crippen molar-refractivity contribution in [2.24, 2.45) is 5.10 Å². The van der Waals surface area contributed by atoms with Crippen molar-refractivity contribution in [1.29, 1.82) is 0 Å². The molecular formula is C27H31N7O4. The molecule has 0 unspecified atom stereocenters. The molecule has 0 atom stereocenters. The number of nitrogens with zero attached hydrogens (tertiary/aromatic N) is 4. The Morgan fingerprint density at radius 2 is 1.84 bits per heavy atom. The lowest BCUT2D eigenvalue weighted by molar-refractivity contribution is -0.127. The van der Waals surface area contributed by atoms with Gasteiger partial charge in [0.1, 0.15) is 5.75 Å². The van der Waals surface area contributed by atoms with Crippen molar-refractivity contribution in [1.82, 2.24) is 25.1 Å². The molecule has 0 spiro atoms. The van der Waals surface area contributed by atoms with E-state index in [1.165, 1.54) is 24.4 Å². The minimum Gasteiger partial charge on any atom is -0.494 e. The monoisotopic (exact) mass is 517 g/mol. The van der Waals surface area contributed by atoms with Crippen LogP contribution in [-0.4, -0.2) is 90.0 Å². The molecule has 38 heavy (non-hydrogen) atoms. The molecule has 1 fully saturated rings.